The summed E-state index contributed by atoms with van der Waals surface area (Å²) in [5.74, 6) is 3.27. The van der Waals surface area contributed by atoms with Gasteiger partial charge in [0.05, 0.1) is 12.2 Å². The Morgan fingerprint density at radius 1 is 0.968 bits per heavy atom. The maximum Gasteiger partial charge on any atom is 0.163 e. The van der Waals surface area contributed by atoms with Crippen LogP contribution in [-0.2, 0) is 4.79 Å². The van der Waals surface area contributed by atoms with Gasteiger partial charge in [0.2, 0.25) is 0 Å². The quantitative estimate of drug-likeness (QED) is 0.584. The van der Waals surface area contributed by atoms with E-state index in [9.17, 15) is 20.1 Å². The highest BCUT2D eigenvalue weighted by Crippen LogP contribution is 2.68. The monoisotopic (exact) mass is 434 g/mol. The van der Waals surface area contributed by atoms with Crippen LogP contribution in [0.15, 0.2) is 0 Å². The van der Waals surface area contributed by atoms with Gasteiger partial charge in [0, 0.05) is 6.42 Å². The van der Waals surface area contributed by atoms with Crippen molar-refractivity contribution in [1.29, 1.82) is 0 Å². The predicted octanol–water partition coefficient (Wildman–Crippen LogP) is 4.73. The second-order valence-corrected chi connectivity index (χ2v) is 12.9. The SMILES string of the molecule is CC(CCC(=O)C(C)(C)O)C1CCC2C3C[C@H](O)C4C[C@H](O)CCC4(C)C3CCC12C. The molecule has 0 radical (unpaired) electrons. The van der Waals surface area contributed by atoms with Crippen LogP contribution in [0.4, 0.5) is 0 Å². The third kappa shape index (κ3) is 3.93. The molecule has 0 bridgehead atoms. The van der Waals surface area contributed by atoms with Crippen LogP contribution in [0.3, 0.4) is 0 Å². The molecule has 0 saturated heterocycles. The number of aliphatic hydroxyl groups excluding tert-OH is 2. The summed E-state index contributed by atoms with van der Waals surface area (Å²) in [4.78, 5) is 12.3. The minimum atomic E-state index is -1.22. The highest BCUT2D eigenvalue weighted by molar-refractivity contribution is 5.86. The largest absolute Gasteiger partial charge is 0.393 e. The van der Waals surface area contributed by atoms with Crippen molar-refractivity contribution in [1.82, 2.24) is 0 Å². The van der Waals surface area contributed by atoms with Gasteiger partial charge in [-0.05, 0) is 118 Å². The molecule has 0 aromatic heterocycles. The van der Waals surface area contributed by atoms with Gasteiger partial charge in [0.25, 0.3) is 0 Å². The van der Waals surface area contributed by atoms with Crippen LogP contribution >= 0.6 is 0 Å². The summed E-state index contributed by atoms with van der Waals surface area (Å²) < 4.78 is 0. The summed E-state index contributed by atoms with van der Waals surface area (Å²) in [6.45, 7) is 10.4. The molecule has 4 aliphatic rings. The summed E-state index contributed by atoms with van der Waals surface area (Å²) >= 11 is 0. The number of aliphatic hydroxyl groups is 3. The molecular formula is C27H46O4. The van der Waals surface area contributed by atoms with Crippen molar-refractivity contribution in [2.75, 3.05) is 0 Å². The molecule has 4 heteroatoms. The van der Waals surface area contributed by atoms with Crippen LogP contribution in [0.5, 0.6) is 0 Å². The fraction of sp³-hybridized carbons (Fsp3) is 0.963. The Bertz CT molecular complexity index is 683. The number of rotatable bonds is 5. The molecule has 0 amide bonds. The van der Waals surface area contributed by atoms with Crippen LogP contribution < -0.4 is 0 Å². The maximum atomic E-state index is 12.3. The van der Waals surface area contributed by atoms with E-state index < -0.39 is 5.60 Å². The number of carbonyl (C=O) groups is 1. The van der Waals surface area contributed by atoms with Crippen molar-refractivity contribution >= 4 is 5.78 Å². The first kappa shape index (κ1) is 23.7. The smallest absolute Gasteiger partial charge is 0.163 e. The molecule has 0 spiro atoms. The summed E-state index contributed by atoms with van der Waals surface area (Å²) in [5, 5.41) is 31.4. The predicted molar refractivity (Wildman–Crippen MR) is 122 cm³/mol. The number of carbonyl (C=O) groups excluding carboxylic acids is 1. The van der Waals surface area contributed by atoms with E-state index in [2.05, 4.69) is 20.8 Å². The Balaban J connectivity index is 1.49. The number of Topliss-reactive ketones (excluding diaryl/α,β-unsaturated/α-hetero) is 1. The van der Waals surface area contributed by atoms with Gasteiger partial charge < -0.3 is 15.3 Å². The average molecular weight is 435 g/mol. The van der Waals surface area contributed by atoms with Crippen molar-refractivity contribution < 1.29 is 20.1 Å². The molecular weight excluding hydrogens is 388 g/mol. The highest BCUT2D eigenvalue weighted by Gasteiger charge is 2.62. The summed E-state index contributed by atoms with van der Waals surface area (Å²) in [5.41, 5.74) is -0.751. The van der Waals surface area contributed by atoms with Gasteiger partial charge in [0.15, 0.2) is 5.78 Å². The maximum absolute atomic E-state index is 12.3. The molecule has 10 atom stereocenters. The Morgan fingerprint density at radius 2 is 1.61 bits per heavy atom. The van der Waals surface area contributed by atoms with E-state index in [1.54, 1.807) is 13.8 Å². The lowest BCUT2D eigenvalue weighted by atomic mass is 9.44. The molecule has 31 heavy (non-hydrogen) atoms. The minimum Gasteiger partial charge on any atom is -0.393 e. The first-order valence-corrected chi connectivity index (χ1v) is 13.0. The van der Waals surface area contributed by atoms with E-state index in [1.165, 1.54) is 25.7 Å². The van der Waals surface area contributed by atoms with Crippen molar-refractivity contribution in [2.45, 2.75) is 117 Å². The van der Waals surface area contributed by atoms with Gasteiger partial charge in [0.1, 0.15) is 5.60 Å². The minimum absolute atomic E-state index is 0.0448. The fourth-order valence-electron chi connectivity index (χ4n) is 9.12. The first-order valence-electron chi connectivity index (χ1n) is 13.0. The number of fused-ring (bicyclic) bond motifs is 5. The molecule has 0 aromatic rings. The van der Waals surface area contributed by atoms with E-state index in [1.807, 2.05) is 0 Å². The van der Waals surface area contributed by atoms with E-state index >= 15 is 0 Å². The lowest BCUT2D eigenvalue weighted by molar-refractivity contribution is -0.172. The third-order valence-corrected chi connectivity index (χ3v) is 10.9. The Hall–Kier alpha value is -0.450. The van der Waals surface area contributed by atoms with Gasteiger partial charge in [-0.25, -0.2) is 0 Å². The van der Waals surface area contributed by atoms with Gasteiger partial charge in [-0.15, -0.1) is 0 Å². The zero-order valence-corrected chi connectivity index (χ0v) is 20.4. The third-order valence-electron chi connectivity index (χ3n) is 10.9. The summed E-state index contributed by atoms with van der Waals surface area (Å²) in [7, 11) is 0. The van der Waals surface area contributed by atoms with Crippen LogP contribution in [-0.4, -0.2) is 38.9 Å². The topological polar surface area (TPSA) is 77.8 Å². The zero-order valence-electron chi connectivity index (χ0n) is 20.4. The van der Waals surface area contributed by atoms with Gasteiger partial charge in [-0.2, -0.15) is 0 Å². The van der Waals surface area contributed by atoms with E-state index in [0.717, 1.165) is 32.1 Å². The molecule has 4 aliphatic carbocycles. The molecule has 4 fully saturated rings. The van der Waals surface area contributed by atoms with Crippen LogP contribution in [0.1, 0.15) is 98.8 Å². The van der Waals surface area contributed by atoms with E-state index in [-0.39, 0.29) is 29.3 Å². The van der Waals surface area contributed by atoms with Crippen LogP contribution in [0, 0.1) is 46.3 Å². The van der Waals surface area contributed by atoms with Crippen molar-refractivity contribution in [2.24, 2.45) is 46.3 Å². The number of hydrogen-bond acceptors (Lipinski definition) is 4. The lowest BCUT2D eigenvalue weighted by Crippen LogP contribution is -2.58. The lowest BCUT2D eigenvalue weighted by Gasteiger charge is -2.62. The van der Waals surface area contributed by atoms with Crippen molar-refractivity contribution in [3.05, 3.63) is 0 Å². The average Bonchev–Trinajstić information content (AvgIpc) is 3.04. The summed E-state index contributed by atoms with van der Waals surface area (Å²) in [6.07, 6.45) is 9.45. The van der Waals surface area contributed by atoms with Crippen molar-refractivity contribution in [3.63, 3.8) is 0 Å². The van der Waals surface area contributed by atoms with E-state index in [0.29, 0.717) is 41.4 Å². The molecule has 178 valence electrons. The molecule has 0 aliphatic heterocycles. The second kappa shape index (κ2) is 8.09. The number of hydrogen-bond donors (Lipinski definition) is 3. The molecule has 0 heterocycles. The molecule has 4 saturated carbocycles. The van der Waals surface area contributed by atoms with Crippen molar-refractivity contribution in [3.8, 4) is 0 Å². The van der Waals surface area contributed by atoms with Crippen LogP contribution in [0.2, 0.25) is 0 Å². The first-order chi connectivity index (χ1) is 14.4. The van der Waals surface area contributed by atoms with Gasteiger partial charge in [-0.1, -0.05) is 20.8 Å². The molecule has 8 unspecified atom stereocenters. The highest BCUT2D eigenvalue weighted by atomic mass is 16.3. The normalized spacial score (nSPS) is 48.5. The molecule has 4 nitrogen and oxygen atoms in total. The van der Waals surface area contributed by atoms with E-state index in [4.69, 9.17) is 0 Å². The fourth-order valence-corrected chi connectivity index (χ4v) is 9.12. The Kier molecular flexibility index (Phi) is 6.19. The standard InChI is InChI=1S/C27H46O4/c1-16(6-9-24(30)25(2,3)31)19-7-8-20-18-15-23(29)22-14-17(28)10-12-27(22,5)21(18)11-13-26(19,20)4/h16-23,28-29,31H,6-15H2,1-5H3/t16?,17-,18?,19?,20?,21?,22?,23+,26?,27?/m1/s1. The second-order valence-electron chi connectivity index (χ2n) is 12.9. The molecule has 4 rings (SSSR count). The Morgan fingerprint density at radius 3 is 2.29 bits per heavy atom. The number of ketones is 1. The van der Waals surface area contributed by atoms with Gasteiger partial charge in [-0.3, -0.25) is 4.79 Å². The zero-order chi connectivity index (χ0) is 22.8. The van der Waals surface area contributed by atoms with Gasteiger partial charge >= 0.3 is 0 Å². The molecule has 0 aromatic carbocycles. The summed E-state index contributed by atoms with van der Waals surface area (Å²) in [6, 6.07) is 0. The Labute approximate surface area is 189 Å². The van der Waals surface area contributed by atoms with Crippen LogP contribution in [0.25, 0.3) is 0 Å². The molecule has 3 N–H and O–H groups in total.